The van der Waals surface area contributed by atoms with Crippen LogP contribution in [0, 0.1) is 0 Å². The van der Waals surface area contributed by atoms with Gasteiger partial charge in [-0.3, -0.25) is 4.79 Å². The molecule has 0 spiro atoms. The number of aromatic carboxylic acids is 1. The molecule has 0 unspecified atom stereocenters. The van der Waals surface area contributed by atoms with Gasteiger partial charge in [-0.25, -0.2) is 9.78 Å². The predicted molar refractivity (Wildman–Crippen MR) is 159 cm³/mol. The van der Waals surface area contributed by atoms with Crippen molar-refractivity contribution in [2.24, 2.45) is 5.10 Å². The summed E-state index contributed by atoms with van der Waals surface area (Å²) in [6.45, 7) is 4.16. The summed E-state index contributed by atoms with van der Waals surface area (Å²) < 4.78 is 14.1. The van der Waals surface area contributed by atoms with E-state index in [9.17, 15) is 9.59 Å². The Morgan fingerprint density at radius 1 is 1.21 bits per heavy atom. The minimum absolute atomic E-state index is 0.00944. The first kappa shape index (κ1) is 28.8. The van der Waals surface area contributed by atoms with E-state index in [0.29, 0.717) is 38.3 Å². The van der Waals surface area contributed by atoms with E-state index in [1.807, 2.05) is 19.9 Å². The van der Waals surface area contributed by atoms with Crippen molar-refractivity contribution in [3.63, 3.8) is 0 Å². The number of halogens is 3. The highest BCUT2D eigenvalue weighted by Crippen LogP contribution is 2.42. The first-order valence-electron chi connectivity index (χ1n) is 11.9. The zero-order valence-electron chi connectivity index (χ0n) is 21.2. The normalized spacial score (nSPS) is 12.2. The molecular weight excluding hydrogens is 654 g/mol. The Kier molecular flexibility index (Phi) is 9.09. The van der Waals surface area contributed by atoms with Gasteiger partial charge < -0.3 is 14.6 Å². The van der Waals surface area contributed by atoms with E-state index in [0.717, 1.165) is 16.5 Å². The molecule has 8 nitrogen and oxygen atoms in total. The van der Waals surface area contributed by atoms with Crippen LogP contribution in [-0.4, -0.2) is 34.1 Å². The Hall–Kier alpha value is -3.21. The topological polar surface area (TPSA) is 103 Å². The number of aromatic nitrogens is 2. The van der Waals surface area contributed by atoms with Crippen LogP contribution in [0.25, 0.3) is 10.9 Å². The van der Waals surface area contributed by atoms with Gasteiger partial charge in [0, 0.05) is 20.4 Å². The maximum Gasteiger partial charge on any atom is 0.335 e. The monoisotopic (exact) mass is 675 g/mol. The lowest BCUT2D eigenvalue weighted by Gasteiger charge is -2.16. The molecule has 0 aliphatic heterocycles. The predicted octanol–water partition coefficient (Wildman–Crippen LogP) is 7.26. The summed E-state index contributed by atoms with van der Waals surface area (Å²) in [4.78, 5) is 29.2. The molecule has 0 bridgehead atoms. The van der Waals surface area contributed by atoms with Crippen molar-refractivity contribution in [3.8, 4) is 11.5 Å². The standard InChI is InChI=1S/C28H24Br2ClN3O5/c1-4-15(2)26-33-21-10-9-19(29)12-20(21)27(35)34(26)32-13-18-11-22(38-3)25(24(31)23(18)30)39-14-16-5-7-17(8-6-16)28(36)37/h5-13,15H,4,14H2,1-3H3,(H,36,37)/t15-/m0/s1. The Morgan fingerprint density at radius 2 is 1.92 bits per heavy atom. The molecule has 39 heavy (non-hydrogen) atoms. The van der Waals surface area contributed by atoms with Gasteiger partial charge in [0.15, 0.2) is 11.5 Å². The lowest BCUT2D eigenvalue weighted by molar-refractivity contribution is 0.0697. The van der Waals surface area contributed by atoms with Crippen molar-refractivity contribution in [3.05, 3.63) is 95.4 Å². The molecule has 0 amide bonds. The van der Waals surface area contributed by atoms with Crippen molar-refractivity contribution in [1.82, 2.24) is 9.66 Å². The Bertz CT molecular complexity index is 1640. The number of carbonyl (C=O) groups is 1. The second-order valence-corrected chi connectivity index (χ2v) is 10.8. The largest absolute Gasteiger partial charge is 0.493 e. The highest BCUT2D eigenvalue weighted by atomic mass is 79.9. The van der Waals surface area contributed by atoms with Crippen LogP contribution in [-0.2, 0) is 6.61 Å². The smallest absolute Gasteiger partial charge is 0.335 e. The zero-order chi connectivity index (χ0) is 28.3. The number of methoxy groups -OCH3 is 1. The maximum atomic E-state index is 13.4. The number of nitrogens with zero attached hydrogens (tertiary/aromatic N) is 3. The molecule has 1 atom stereocenters. The van der Waals surface area contributed by atoms with E-state index in [1.54, 1.807) is 30.3 Å². The number of hydrogen-bond acceptors (Lipinski definition) is 6. The SMILES string of the molecule is CC[C@H](C)c1nc2ccc(Br)cc2c(=O)n1N=Cc1cc(OC)c(OCc2ccc(C(=O)O)cc2)c(Cl)c1Br. The molecule has 4 aromatic rings. The van der Waals surface area contributed by atoms with Crippen molar-refractivity contribution in [2.75, 3.05) is 7.11 Å². The van der Waals surface area contributed by atoms with Crippen molar-refractivity contribution >= 4 is 66.5 Å². The summed E-state index contributed by atoms with van der Waals surface area (Å²) in [6.07, 6.45) is 2.30. The van der Waals surface area contributed by atoms with Crippen LogP contribution in [0.4, 0.5) is 0 Å². The molecule has 4 rings (SSSR count). The van der Waals surface area contributed by atoms with Crippen LogP contribution < -0.4 is 15.0 Å². The highest BCUT2D eigenvalue weighted by Gasteiger charge is 2.19. The first-order valence-corrected chi connectivity index (χ1v) is 13.9. The van der Waals surface area contributed by atoms with E-state index >= 15 is 0 Å². The van der Waals surface area contributed by atoms with Crippen LogP contribution in [0.3, 0.4) is 0 Å². The van der Waals surface area contributed by atoms with E-state index in [4.69, 9.17) is 31.2 Å². The molecule has 0 radical (unpaired) electrons. The third-order valence-corrected chi connectivity index (χ3v) is 8.10. The van der Waals surface area contributed by atoms with Crippen LogP contribution in [0.15, 0.2) is 67.4 Å². The summed E-state index contributed by atoms with van der Waals surface area (Å²) >= 11 is 13.6. The van der Waals surface area contributed by atoms with E-state index in [-0.39, 0.29) is 28.7 Å². The average Bonchev–Trinajstić information content (AvgIpc) is 2.93. The third kappa shape index (κ3) is 6.18. The Balaban J connectivity index is 1.70. The van der Waals surface area contributed by atoms with Crippen molar-refractivity contribution < 1.29 is 19.4 Å². The van der Waals surface area contributed by atoms with Gasteiger partial charge in [-0.05, 0) is 64.3 Å². The van der Waals surface area contributed by atoms with E-state index in [1.165, 1.54) is 30.1 Å². The van der Waals surface area contributed by atoms with E-state index < -0.39 is 5.97 Å². The zero-order valence-corrected chi connectivity index (χ0v) is 25.2. The second-order valence-electron chi connectivity index (χ2n) is 8.72. The summed E-state index contributed by atoms with van der Waals surface area (Å²) in [6, 6.07) is 13.4. The van der Waals surface area contributed by atoms with Crippen molar-refractivity contribution in [1.29, 1.82) is 0 Å². The molecule has 11 heteroatoms. The fourth-order valence-corrected chi connectivity index (χ4v) is 4.80. The number of carboxylic acids is 1. The molecular formula is C28H24Br2ClN3O5. The number of fused-ring (bicyclic) bond motifs is 1. The number of carboxylic acid groups (broad SMARTS) is 1. The quantitative estimate of drug-likeness (QED) is 0.187. The summed E-state index contributed by atoms with van der Waals surface area (Å²) in [7, 11) is 1.49. The van der Waals surface area contributed by atoms with Gasteiger partial charge in [0.1, 0.15) is 17.5 Å². The van der Waals surface area contributed by atoms with E-state index in [2.05, 4.69) is 37.0 Å². The summed E-state index contributed by atoms with van der Waals surface area (Å²) in [5.74, 6) is 0.211. The number of rotatable bonds is 9. The first-order chi connectivity index (χ1) is 18.6. The van der Waals surface area contributed by atoms with Crippen molar-refractivity contribution in [2.45, 2.75) is 32.8 Å². The fourth-order valence-electron chi connectivity index (χ4n) is 3.78. The summed E-state index contributed by atoms with van der Waals surface area (Å²) in [5.41, 5.74) is 1.83. The van der Waals surface area contributed by atoms with Crippen LogP contribution in [0.5, 0.6) is 11.5 Å². The minimum atomic E-state index is -1.00. The molecule has 3 aromatic carbocycles. The van der Waals surface area contributed by atoms with Gasteiger partial charge in [0.2, 0.25) is 0 Å². The molecule has 0 aliphatic rings. The maximum absolute atomic E-state index is 13.4. The number of ether oxygens (including phenoxy) is 2. The number of benzene rings is 3. The molecule has 1 heterocycles. The highest BCUT2D eigenvalue weighted by molar-refractivity contribution is 9.10. The van der Waals surface area contributed by atoms with Crippen LogP contribution in [0.2, 0.25) is 5.02 Å². The third-order valence-electron chi connectivity index (χ3n) is 6.16. The molecule has 0 fully saturated rings. The van der Waals surface area contributed by atoms with Gasteiger partial charge in [0.05, 0.1) is 29.8 Å². The molecule has 202 valence electrons. The molecule has 0 aliphatic carbocycles. The Labute approximate surface area is 246 Å². The van der Waals surface area contributed by atoms with Crippen LogP contribution >= 0.6 is 43.5 Å². The second kappa shape index (κ2) is 12.3. The fraction of sp³-hybridized carbons (Fsp3) is 0.214. The van der Waals surface area contributed by atoms with Gasteiger partial charge in [-0.2, -0.15) is 9.78 Å². The molecule has 1 N–H and O–H groups in total. The average molecular weight is 678 g/mol. The molecule has 0 saturated carbocycles. The van der Waals surface area contributed by atoms with Crippen LogP contribution in [0.1, 0.15) is 53.5 Å². The Morgan fingerprint density at radius 3 is 2.56 bits per heavy atom. The van der Waals surface area contributed by atoms with Gasteiger partial charge in [-0.1, -0.05) is 53.5 Å². The van der Waals surface area contributed by atoms with Gasteiger partial charge in [-0.15, -0.1) is 0 Å². The van der Waals surface area contributed by atoms with Gasteiger partial charge >= 0.3 is 5.97 Å². The molecule has 1 aromatic heterocycles. The summed E-state index contributed by atoms with van der Waals surface area (Å²) in [5, 5.41) is 14.3. The lowest BCUT2D eigenvalue weighted by Crippen LogP contribution is -2.23. The number of hydrogen-bond donors (Lipinski definition) is 1. The minimum Gasteiger partial charge on any atom is -0.493 e. The lowest BCUT2D eigenvalue weighted by atomic mass is 10.1. The van der Waals surface area contributed by atoms with Gasteiger partial charge in [0.25, 0.3) is 5.56 Å². The molecule has 0 saturated heterocycles.